The lowest BCUT2D eigenvalue weighted by molar-refractivity contribution is -0.117. The number of nitrogens with one attached hydrogen (secondary N) is 1. The summed E-state index contributed by atoms with van der Waals surface area (Å²) < 4.78 is 6.68. The van der Waals surface area contributed by atoms with Crippen molar-refractivity contribution < 1.29 is 9.53 Å². The normalized spacial score (nSPS) is 14.8. The maximum Gasteiger partial charge on any atom is 0.238 e. The Morgan fingerprint density at radius 1 is 1.19 bits per heavy atom. The fourth-order valence-electron chi connectivity index (χ4n) is 2.99. The Kier molecular flexibility index (Phi) is 7.06. The third-order valence-corrected chi connectivity index (χ3v) is 4.87. The summed E-state index contributed by atoms with van der Waals surface area (Å²) >= 11 is 3.41. The highest BCUT2D eigenvalue weighted by atomic mass is 79.9. The molecule has 2 heterocycles. The van der Waals surface area contributed by atoms with Crippen molar-refractivity contribution in [1.82, 2.24) is 9.88 Å². The highest BCUT2D eigenvalue weighted by Gasteiger charge is 2.20. The lowest BCUT2D eigenvalue weighted by Gasteiger charge is -2.35. The Labute approximate surface area is 168 Å². The molecule has 0 radical (unpaired) electrons. The molecule has 0 atom stereocenters. The van der Waals surface area contributed by atoms with Crippen molar-refractivity contribution in [1.29, 1.82) is 0 Å². The average molecular weight is 433 g/mol. The van der Waals surface area contributed by atoms with Crippen LogP contribution in [0.15, 0.2) is 47.1 Å². The second kappa shape index (κ2) is 9.71. The molecule has 1 aliphatic heterocycles. The lowest BCUT2D eigenvalue weighted by atomic mass is 10.2. The number of para-hydroxylation sites is 2. The zero-order valence-electron chi connectivity index (χ0n) is 15.5. The predicted molar refractivity (Wildman–Crippen MR) is 111 cm³/mol. The first-order valence-corrected chi connectivity index (χ1v) is 10.1. The number of amides is 1. The summed E-state index contributed by atoms with van der Waals surface area (Å²) in [5.74, 6) is 1.68. The number of ether oxygens (including phenoxy) is 1. The topological polar surface area (TPSA) is 57.7 Å². The van der Waals surface area contributed by atoms with E-state index in [1.807, 2.05) is 42.6 Å². The number of aromatic nitrogens is 1. The van der Waals surface area contributed by atoms with E-state index in [1.54, 1.807) is 0 Å². The Balaban J connectivity index is 1.49. The number of hydrogen-bond donors (Lipinski definition) is 1. The Morgan fingerprint density at radius 3 is 2.67 bits per heavy atom. The molecule has 1 aromatic carbocycles. The SMILES string of the molecule is CCCOc1ccccc1NC(=O)CN1CCN(c2ccc(Br)cn2)CC1. The smallest absolute Gasteiger partial charge is 0.238 e. The van der Waals surface area contributed by atoms with Gasteiger partial charge in [0.1, 0.15) is 11.6 Å². The van der Waals surface area contributed by atoms with E-state index < -0.39 is 0 Å². The van der Waals surface area contributed by atoms with Crippen LogP contribution in [0.2, 0.25) is 0 Å². The van der Waals surface area contributed by atoms with Crippen LogP contribution in [-0.2, 0) is 4.79 Å². The van der Waals surface area contributed by atoms with Gasteiger partial charge in [-0.15, -0.1) is 0 Å². The maximum absolute atomic E-state index is 12.5. The standard InChI is InChI=1S/C20H25BrN4O2/c1-2-13-27-18-6-4-3-5-17(18)23-20(26)15-24-9-11-25(12-10-24)19-8-7-16(21)14-22-19/h3-8,14H,2,9-13,15H2,1H3,(H,23,26). The van der Waals surface area contributed by atoms with E-state index in [0.717, 1.165) is 54.3 Å². The van der Waals surface area contributed by atoms with Crippen molar-refractivity contribution in [2.75, 3.05) is 49.5 Å². The van der Waals surface area contributed by atoms with Crippen molar-refractivity contribution in [2.24, 2.45) is 0 Å². The van der Waals surface area contributed by atoms with Crippen LogP contribution in [0.3, 0.4) is 0 Å². The molecule has 2 aromatic rings. The van der Waals surface area contributed by atoms with Gasteiger partial charge in [-0.05, 0) is 46.6 Å². The molecule has 1 aromatic heterocycles. The first kappa shape index (κ1) is 19.6. The van der Waals surface area contributed by atoms with E-state index in [4.69, 9.17) is 4.74 Å². The molecule has 0 bridgehead atoms. The summed E-state index contributed by atoms with van der Waals surface area (Å²) in [6.07, 6.45) is 2.74. The number of nitrogens with zero attached hydrogens (tertiary/aromatic N) is 3. The fraction of sp³-hybridized carbons (Fsp3) is 0.400. The molecule has 7 heteroatoms. The summed E-state index contributed by atoms with van der Waals surface area (Å²) in [7, 11) is 0. The van der Waals surface area contributed by atoms with Crippen LogP contribution in [-0.4, -0.2) is 55.1 Å². The number of benzene rings is 1. The van der Waals surface area contributed by atoms with E-state index in [0.29, 0.717) is 13.2 Å². The largest absolute Gasteiger partial charge is 0.491 e. The van der Waals surface area contributed by atoms with Gasteiger partial charge in [-0.25, -0.2) is 4.98 Å². The van der Waals surface area contributed by atoms with Gasteiger partial charge in [0.2, 0.25) is 5.91 Å². The monoisotopic (exact) mass is 432 g/mol. The molecule has 0 aliphatic carbocycles. The Bertz CT molecular complexity index is 746. The molecule has 1 N–H and O–H groups in total. The van der Waals surface area contributed by atoms with Gasteiger partial charge >= 0.3 is 0 Å². The zero-order chi connectivity index (χ0) is 19.1. The molecule has 1 saturated heterocycles. The molecule has 6 nitrogen and oxygen atoms in total. The van der Waals surface area contributed by atoms with Crippen molar-refractivity contribution in [2.45, 2.75) is 13.3 Å². The van der Waals surface area contributed by atoms with Gasteiger partial charge in [-0.2, -0.15) is 0 Å². The van der Waals surface area contributed by atoms with Crippen molar-refractivity contribution >= 4 is 33.3 Å². The number of piperazine rings is 1. The van der Waals surface area contributed by atoms with Crippen molar-refractivity contribution in [3.63, 3.8) is 0 Å². The summed E-state index contributed by atoms with van der Waals surface area (Å²) in [5.41, 5.74) is 0.730. The molecule has 0 unspecified atom stereocenters. The van der Waals surface area contributed by atoms with Crippen LogP contribution in [0.5, 0.6) is 5.75 Å². The molecule has 1 amide bonds. The minimum atomic E-state index is -0.0160. The maximum atomic E-state index is 12.5. The van der Waals surface area contributed by atoms with Gasteiger partial charge < -0.3 is 15.0 Å². The third-order valence-electron chi connectivity index (χ3n) is 4.40. The predicted octanol–water partition coefficient (Wildman–Crippen LogP) is 3.39. The van der Waals surface area contributed by atoms with Crippen LogP contribution < -0.4 is 15.0 Å². The van der Waals surface area contributed by atoms with Crippen LogP contribution in [0.25, 0.3) is 0 Å². The summed E-state index contributed by atoms with van der Waals surface area (Å²) in [6.45, 7) is 6.46. The van der Waals surface area contributed by atoms with Crippen LogP contribution in [0.1, 0.15) is 13.3 Å². The lowest BCUT2D eigenvalue weighted by Crippen LogP contribution is -2.48. The summed E-state index contributed by atoms with van der Waals surface area (Å²) in [5, 5.41) is 2.98. The van der Waals surface area contributed by atoms with E-state index in [2.05, 4.69) is 43.0 Å². The average Bonchev–Trinajstić information content (AvgIpc) is 2.68. The molecule has 3 rings (SSSR count). The molecule has 1 fully saturated rings. The van der Waals surface area contributed by atoms with E-state index in [1.165, 1.54) is 0 Å². The number of hydrogen-bond acceptors (Lipinski definition) is 5. The summed E-state index contributed by atoms with van der Waals surface area (Å²) in [6, 6.07) is 11.6. The first-order chi connectivity index (χ1) is 13.2. The van der Waals surface area contributed by atoms with Gasteiger partial charge in [0.05, 0.1) is 18.8 Å². The highest BCUT2D eigenvalue weighted by Crippen LogP contribution is 2.24. The van der Waals surface area contributed by atoms with Crippen LogP contribution >= 0.6 is 15.9 Å². The van der Waals surface area contributed by atoms with Crippen LogP contribution in [0.4, 0.5) is 11.5 Å². The van der Waals surface area contributed by atoms with Crippen LogP contribution in [0, 0.1) is 0 Å². The van der Waals surface area contributed by atoms with E-state index in [9.17, 15) is 4.79 Å². The molecule has 0 spiro atoms. The molecule has 27 heavy (non-hydrogen) atoms. The number of rotatable bonds is 7. The number of carbonyl (C=O) groups excluding carboxylic acids is 1. The minimum absolute atomic E-state index is 0.0160. The van der Waals surface area contributed by atoms with E-state index >= 15 is 0 Å². The Morgan fingerprint density at radius 2 is 1.96 bits per heavy atom. The van der Waals surface area contributed by atoms with Gasteiger partial charge in [0, 0.05) is 36.8 Å². The van der Waals surface area contributed by atoms with E-state index in [-0.39, 0.29) is 5.91 Å². The Hall–Kier alpha value is -2.12. The summed E-state index contributed by atoms with van der Waals surface area (Å²) in [4.78, 5) is 21.3. The van der Waals surface area contributed by atoms with Gasteiger partial charge in [0.25, 0.3) is 0 Å². The molecular formula is C20H25BrN4O2. The van der Waals surface area contributed by atoms with Gasteiger partial charge in [-0.3, -0.25) is 9.69 Å². The fourth-order valence-corrected chi connectivity index (χ4v) is 3.23. The molecule has 0 saturated carbocycles. The second-order valence-corrected chi connectivity index (χ2v) is 7.41. The first-order valence-electron chi connectivity index (χ1n) is 9.26. The number of halogens is 1. The number of carbonyl (C=O) groups is 1. The number of pyridine rings is 1. The minimum Gasteiger partial charge on any atom is -0.491 e. The van der Waals surface area contributed by atoms with Crippen molar-refractivity contribution in [3.8, 4) is 5.75 Å². The zero-order valence-corrected chi connectivity index (χ0v) is 17.1. The molecule has 1 aliphatic rings. The van der Waals surface area contributed by atoms with Gasteiger partial charge in [-0.1, -0.05) is 19.1 Å². The molecular weight excluding hydrogens is 408 g/mol. The second-order valence-electron chi connectivity index (χ2n) is 6.49. The van der Waals surface area contributed by atoms with Gasteiger partial charge in [0.15, 0.2) is 0 Å². The third kappa shape index (κ3) is 5.68. The quantitative estimate of drug-likeness (QED) is 0.726. The highest BCUT2D eigenvalue weighted by molar-refractivity contribution is 9.10. The molecule has 144 valence electrons. The van der Waals surface area contributed by atoms with Crippen molar-refractivity contribution in [3.05, 3.63) is 47.1 Å². The number of anilines is 2.